The maximum Gasteiger partial charge on any atom is 0.407 e. The Hall–Kier alpha value is -2.38. The van der Waals surface area contributed by atoms with Gasteiger partial charge in [-0.1, -0.05) is 30.3 Å². The Balaban J connectivity index is 1.40. The van der Waals surface area contributed by atoms with Gasteiger partial charge in [0.05, 0.1) is 31.6 Å². The van der Waals surface area contributed by atoms with Crippen molar-refractivity contribution in [3.63, 3.8) is 0 Å². The zero-order valence-electron chi connectivity index (χ0n) is 17.2. The van der Waals surface area contributed by atoms with E-state index in [2.05, 4.69) is 40.5 Å². The number of hydrogen-bond acceptors (Lipinski definition) is 4. The second-order valence-corrected chi connectivity index (χ2v) is 8.48. The largest absolute Gasteiger partial charge is 0.465 e. The molecule has 2 aromatic rings. The van der Waals surface area contributed by atoms with Gasteiger partial charge in [0, 0.05) is 23.7 Å². The molecule has 1 aliphatic heterocycles. The van der Waals surface area contributed by atoms with Crippen LogP contribution in [0, 0.1) is 0 Å². The van der Waals surface area contributed by atoms with Gasteiger partial charge in [-0.05, 0) is 50.0 Å². The second-order valence-electron chi connectivity index (χ2n) is 8.48. The third-order valence-corrected chi connectivity index (χ3v) is 6.76. The van der Waals surface area contributed by atoms with E-state index in [1.807, 2.05) is 0 Å². The van der Waals surface area contributed by atoms with Crippen molar-refractivity contribution in [3.05, 3.63) is 53.3 Å². The van der Waals surface area contributed by atoms with Crippen LogP contribution in [-0.4, -0.2) is 56.7 Å². The van der Waals surface area contributed by atoms with E-state index in [4.69, 9.17) is 4.74 Å². The summed E-state index contributed by atoms with van der Waals surface area (Å²) in [5.41, 5.74) is 2.97. The minimum absolute atomic E-state index is 0.0415. The number of aliphatic hydroxyl groups excluding tert-OH is 1. The highest BCUT2D eigenvalue weighted by molar-refractivity contribution is 5.66. The monoisotopic (exact) mass is 413 g/mol. The number of H-pyrrole nitrogens is 1. The number of piperidine rings is 1. The highest BCUT2D eigenvalue weighted by atomic mass is 16.5. The number of aliphatic hydroxyl groups is 1. The SMILES string of the molecule is O=C(O)N1CCC[C@H](c2[nH]ncc2CO)[C@@H]1COC1CCC(c2ccccc2)CC1. The molecule has 7 heteroatoms. The van der Waals surface area contributed by atoms with E-state index in [-0.39, 0.29) is 24.7 Å². The smallest absolute Gasteiger partial charge is 0.407 e. The van der Waals surface area contributed by atoms with Gasteiger partial charge in [0.2, 0.25) is 0 Å². The fraction of sp³-hybridized carbons (Fsp3) is 0.565. The van der Waals surface area contributed by atoms with Gasteiger partial charge in [-0.25, -0.2) is 4.79 Å². The van der Waals surface area contributed by atoms with E-state index in [0.717, 1.165) is 49.8 Å². The highest BCUT2D eigenvalue weighted by Crippen LogP contribution is 2.36. The standard InChI is InChI=1S/C23H31N3O4/c27-14-18-13-24-25-22(18)20-7-4-12-26(23(28)29)21(20)15-30-19-10-8-17(9-11-19)16-5-2-1-3-6-16/h1-3,5-6,13,17,19-21,27H,4,7-12,14-15H2,(H,24,25)(H,28,29)/t17?,19?,20-,21-/m0/s1. The molecule has 1 aromatic carbocycles. The number of rotatable bonds is 6. The lowest BCUT2D eigenvalue weighted by Gasteiger charge is -2.40. The summed E-state index contributed by atoms with van der Waals surface area (Å²) in [6, 6.07) is 10.4. The normalized spacial score (nSPS) is 27.2. The molecular formula is C23H31N3O4. The summed E-state index contributed by atoms with van der Waals surface area (Å²) in [6.45, 7) is 0.789. The number of aromatic amines is 1. The molecule has 2 fully saturated rings. The van der Waals surface area contributed by atoms with E-state index < -0.39 is 6.09 Å². The molecule has 1 saturated carbocycles. The van der Waals surface area contributed by atoms with Crippen LogP contribution in [0.5, 0.6) is 0 Å². The molecule has 0 bridgehead atoms. The van der Waals surface area contributed by atoms with Crippen molar-refractivity contribution in [2.75, 3.05) is 13.2 Å². The zero-order chi connectivity index (χ0) is 20.9. The van der Waals surface area contributed by atoms with Crippen molar-refractivity contribution in [2.24, 2.45) is 0 Å². The molecule has 2 aliphatic rings. The summed E-state index contributed by atoms with van der Waals surface area (Å²) in [7, 11) is 0. The molecule has 30 heavy (non-hydrogen) atoms. The van der Waals surface area contributed by atoms with Crippen LogP contribution in [0.15, 0.2) is 36.5 Å². The molecule has 0 radical (unpaired) electrons. The van der Waals surface area contributed by atoms with Gasteiger partial charge in [-0.3, -0.25) is 5.10 Å². The number of ether oxygens (including phenoxy) is 1. The summed E-state index contributed by atoms with van der Waals surface area (Å²) >= 11 is 0. The predicted molar refractivity (Wildman–Crippen MR) is 112 cm³/mol. The number of nitrogens with one attached hydrogen (secondary N) is 1. The maximum absolute atomic E-state index is 11.9. The predicted octanol–water partition coefficient (Wildman–Crippen LogP) is 3.87. The van der Waals surface area contributed by atoms with Crippen LogP contribution in [0.3, 0.4) is 0 Å². The average molecular weight is 414 g/mol. The van der Waals surface area contributed by atoms with Gasteiger partial charge in [0.15, 0.2) is 0 Å². The van der Waals surface area contributed by atoms with Crippen molar-refractivity contribution in [1.29, 1.82) is 0 Å². The van der Waals surface area contributed by atoms with E-state index in [1.54, 1.807) is 6.20 Å². The summed E-state index contributed by atoms with van der Waals surface area (Å²) in [4.78, 5) is 13.4. The Bertz CT molecular complexity index is 817. The Kier molecular flexibility index (Phi) is 6.69. The molecule has 1 saturated heterocycles. The molecule has 2 heterocycles. The number of aromatic nitrogens is 2. The number of nitrogens with zero attached hydrogens (tertiary/aromatic N) is 2. The van der Waals surface area contributed by atoms with Gasteiger partial charge < -0.3 is 19.8 Å². The molecule has 3 N–H and O–H groups in total. The third-order valence-electron chi connectivity index (χ3n) is 6.76. The van der Waals surface area contributed by atoms with Crippen molar-refractivity contribution < 1.29 is 19.7 Å². The lowest BCUT2D eigenvalue weighted by atomic mass is 9.82. The molecular weight excluding hydrogens is 382 g/mol. The number of hydrogen-bond donors (Lipinski definition) is 3. The van der Waals surface area contributed by atoms with Crippen LogP contribution in [0.25, 0.3) is 0 Å². The van der Waals surface area contributed by atoms with E-state index in [1.165, 1.54) is 10.5 Å². The first-order chi connectivity index (χ1) is 14.7. The van der Waals surface area contributed by atoms with Crippen LogP contribution >= 0.6 is 0 Å². The van der Waals surface area contributed by atoms with Crippen LogP contribution in [0.4, 0.5) is 4.79 Å². The first-order valence-corrected chi connectivity index (χ1v) is 11.0. The Morgan fingerprint density at radius 3 is 2.63 bits per heavy atom. The van der Waals surface area contributed by atoms with Crippen molar-refractivity contribution in [1.82, 2.24) is 15.1 Å². The quantitative estimate of drug-likeness (QED) is 0.668. The molecule has 162 valence electrons. The van der Waals surface area contributed by atoms with E-state index in [9.17, 15) is 15.0 Å². The zero-order valence-corrected chi connectivity index (χ0v) is 17.2. The molecule has 4 rings (SSSR count). The molecule has 0 unspecified atom stereocenters. The maximum atomic E-state index is 11.9. The number of likely N-dealkylation sites (tertiary alicyclic amines) is 1. The van der Waals surface area contributed by atoms with E-state index in [0.29, 0.717) is 19.1 Å². The highest BCUT2D eigenvalue weighted by Gasteiger charge is 2.38. The summed E-state index contributed by atoms with van der Waals surface area (Å²) in [6.07, 6.45) is 6.71. The Labute approximate surface area is 177 Å². The first-order valence-electron chi connectivity index (χ1n) is 11.0. The number of benzene rings is 1. The molecule has 0 spiro atoms. The lowest BCUT2D eigenvalue weighted by Crippen LogP contribution is -2.50. The van der Waals surface area contributed by atoms with Crippen molar-refractivity contribution in [3.8, 4) is 0 Å². The van der Waals surface area contributed by atoms with Gasteiger partial charge >= 0.3 is 6.09 Å². The fourth-order valence-corrected chi connectivity index (χ4v) is 5.13. The van der Waals surface area contributed by atoms with E-state index >= 15 is 0 Å². The molecule has 1 aromatic heterocycles. The van der Waals surface area contributed by atoms with Gasteiger partial charge in [-0.2, -0.15) is 5.10 Å². The summed E-state index contributed by atoms with van der Waals surface area (Å²) in [5.74, 6) is 0.543. The minimum Gasteiger partial charge on any atom is -0.465 e. The molecule has 2 atom stereocenters. The minimum atomic E-state index is -0.911. The number of carbonyl (C=O) groups is 1. The van der Waals surface area contributed by atoms with Crippen LogP contribution in [0.2, 0.25) is 0 Å². The van der Waals surface area contributed by atoms with Crippen molar-refractivity contribution in [2.45, 2.75) is 69.1 Å². The van der Waals surface area contributed by atoms with Gasteiger partial charge in [0.1, 0.15) is 0 Å². The Morgan fingerprint density at radius 2 is 1.93 bits per heavy atom. The fourth-order valence-electron chi connectivity index (χ4n) is 5.13. The van der Waals surface area contributed by atoms with Crippen LogP contribution in [0.1, 0.15) is 67.2 Å². The Morgan fingerprint density at radius 1 is 1.17 bits per heavy atom. The topological polar surface area (TPSA) is 98.7 Å². The van der Waals surface area contributed by atoms with Crippen LogP contribution in [-0.2, 0) is 11.3 Å². The summed E-state index contributed by atoms with van der Waals surface area (Å²) < 4.78 is 6.29. The number of carboxylic acid groups (broad SMARTS) is 1. The first kappa shape index (κ1) is 20.9. The average Bonchev–Trinajstić information content (AvgIpc) is 3.27. The molecule has 7 nitrogen and oxygen atoms in total. The van der Waals surface area contributed by atoms with Crippen molar-refractivity contribution >= 4 is 6.09 Å². The van der Waals surface area contributed by atoms with Gasteiger partial charge in [-0.15, -0.1) is 0 Å². The van der Waals surface area contributed by atoms with Gasteiger partial charge in [0.25, 0.3) is 0 Å². The summed E-state index contributed by atoms with van der Waals surface area (Å²) in [5, 5.41) is 26.4. The lowest BCUT2D eigenvalue weighted by molar-refractivity contribution is -0.0224. The van der Waals surface area contributed by atoms with Crippen LogP contribution < -0.4 is 0 Å². The number of amides is 1. The second kappa shape index (κ2) is 9.62. The molecule has 1 amide bonds. The molecule has 1 aliphatic carbocycles. The third kappa shape index (κ3) is 4.52.